The van der Waals surface area contributed by atoms with Crippen LogP contribution in [0.25, 0.3) is 0 Å². The lowest BCUT2D eigenvalue weighted by Gasteiger charge is -2.37. The molecule has 214 valence electrons. The van der Waals surface area contributed by atoms with Crippen LogP contribution in [0, 0.1) is 0 Å². The summed E-state index contributed by atoms with van der Waals surface area (Å²) in [4.78, 5) is 16.7. The van der Waals surface area contributed by atoms with Gasteiger partial charge in [-0.1, -0.05) is 47.5 Å². The Kier molecular flexibility index (Phi) is 10.2. The van der Waals surface area contributed by atoms with Crippen LogP contribution in [0.5, 0.6) is 5.75 Å². The second-order valence-electron chi connectivity index (χ2n) is 9.68. The molecule has 10 heteroatoms. The van der Waals surface area contributed by atoms with Crippen molar-refractivity contribution in [2.24, 2.45) is 0 Å². The summed E-state index contributed by atoms with van der Waals surface area (Å²) in [6.45, 7) is 2.93. The molecule has 0 aliphatic carbocycles. The number of halogens is 5. The van der Waals surface area contributed by atoms with Crippen LogP contribution in [-0.4, -0.2) is 50.6 Å². The second-order valence-corrected chi connectivity index (χ2v) is 10.5. The van der Waals surface area contributed by atoms with E-state index in [9.17, 15) is 18.0 Å². The number of amides is 1. The molecular weight excluding hydrogens is 562 g/mol. The molecule has 40 heavy (non-hydrogen) atoms. The number of benzene rings is 3. The molecule has 3 aromatic carbocycles. The lowest BCUT2D eigenvalue weighted by atomic mass is 10.1. The summed E-state index contributed by atoms with van der Waals surface area (Å²) in [6, 6.07) is 16.8. The summed E-state index contributed by atoms with van der Waals surface area (Å²) in [5.41, 5.74) is 2.55. The van der Waals surface area contributed by atoms with E-state index in [1.807, 2.05) is 30.3 Å². The number of hydrogen-bond donors (Lipinski definition) is 1. The van der Waals surface area contributed by atoms with Gasteiger partial charge in [-0.05, 0) is 72.5 Å². The molecule has 5 nitrogen and oxygen atoms in total. The number of carbonyl (C=O) groups excluding carboxylic acids is 1. The maximum absolute atomic E-state index is 13.5. The van der Waals surface area contributed by atoms with Gasteiger partial charge in [-0.3, -0.25) is 4.79 Å². The van der Waals surface area contributed by atoms with Crippen molar-refractivity contribution in [3.63, 3.8) is 0 Å². The first-order valence-electron chi connectivity index (χ1n) is 13.1. The van der Waals surface area contributed by atoms with Crippen LogP contribution in [0.3, 0.4) is 0 Å². The molecule has 0 bridgehead atoms. The summed E-state index contributed by atoms with van der Waals surface area (Å²) in [5, 5.41) is 4.38. The number of anilines is 1. The molecule has 1 N–H and O–H groups in total. The minimum atomic E-state index is -4.43. The Morgan fingerprint density at radius 2 is 1.68 bits per heavy atom. The zero-order valence-corrected chi connectivity index (χ0v) is 23.8. The molecular formula is C30H32Cl2F3N3O2. The van der Waals surface area contributed by atoms with E-state index in [4.69, 9.17) is 27.9 Å². The van der Waals surface area contributed by atoms with Crippen molar-refractivity contribution in [2.45, 2.75) is 32.0 Å². The van der Waals surface area contributed by atoms with E-state index in [1.54, 1.807) is 30.2 Å². The smallest absolute Gasteiger partial charge is 0.416 e. The number of aryl methyl sites for hydroxylation is 1. The molecule has 1 amide bonds. The molecule has 1 fully saturated rings. The van der Waals surface area contributed by atoms with Crippen LogP contribution in [0.1, 0.15) is 28.7 Å². The third-order valence-corrected chi connectivity index (χ3v) is 7.67. The van der Waals surface area contributed by atoms with Crippen molar-refractivity contribution in [3.05, 3.63) is 93.0 Å². The number of methoxy groups -OCH3 is 1. The van der Waals surface area contributed by atoms with E-state index < -0.39 is 11.7 Å². The number of alkyl halides is 3. The van der Waals surface area contributed by atoms with E-state index in [0.29, 0.717) is 67.6 Å². The van der Waals surface area contributed by atoms with Gasteiger partial charge in [0.25, 0.3) is 0 Å². The van der Waals surface area contributed by atoms with Gasteiger partial charge in [0.15, 0.2) is 0 Å². The number of para-hydroxylation sites is 1. The van der Waals surface area contributed by atoms with Gasteiger partial charge in [-0.2, -0.15) is 13.2 Å². The normalized spacial score (nSPS) is 13.9. The van der Waals surface area contributed by atoms with Crippen LogP contribution in [0.2, 0.25) is 10.0 Å². The van der Waals surface area contributed by atoms with E-state index >= 15 is 0 Å². The molecule has 0 aromatic heterocycles. The minimum absolute atomic E-state index is 0.0244. The van der Waals surface area contributed by atoms with Crippen LogP contribution in [-0.2, 0) is 30.4 Å². The first kappa shape index (κ1) is 30.0. The molecule has 1 saturated heterocycles. The number of ether oxygens (including phenoxy) is 1. The Bertz CT molecular complexity index is 1310. The van der Waals surface area contributed by atoms with Crippen LogP contribution in [0.4, 0.5) is 18.9 Å². The highest BCUT2D eigenvalue weighted by molar-refractivity contribution is 6.35. The summed E-state index contributed by atoms with van der Waals surface area (Å²) in [5.74, 6) is 0.809. The third kappa shape index (κ3) is 7.83. The van der Waals surface area contributed by atoms with Crippen LogP contribution in [0.15, 0.2) is 60.7 Å². The standard InChI is InChI=1S/C30H32Cl2F3N3O2/c1-40-28-5-3-2-4-22(28)12-13-36-20-23-18-24(30(33,34)35)8-10-27(23)37-14-16-38(17-15-37)29(39)11-7-21-6-9-25(31)19-26(21)32/h2-6,8-10,18-19,36H,7,11-17,20H2,1H3. The van der Waals surface area contributed by atoms with Gasteiger partial charge in [0.05, 0.1) is 12.7 Å². The molecule has 0 atom stereocenters. The molecule has 0 saturated carbocycles. The minimum Gasteiger partial charge on any atom is -0.496 e. The van der Waals surface area contributed by atoms with Crippen molar-refractivity contribution in [1.82, 2.24) is 10.2 Å². The molecule has 1 aliphatic rings. The number of nitrogens with zero attached hydrogens (tertiary/aromatic N) is 2. The Morgan fingerprint density at radius 3 is 2.38 bits per heavy atom. The lowest BCUT2D eigenvalue weighted by Crippen LogP contribution is -2.49. The van der Waals surface area contributed by atoms with E-state index in [0.717, 1.165) is 28.6 Å². The molecule has 0 radical (unpaired) electrons. The van der Waals surface area contributed by atoms with Crippen molar-refractivity contribution in [1.29, 1.82) is 0 Å². The number of piperazine rings is 1. The highest BCUT2D eigenvalue weighted by Gasteiger charge is 2.32. The van der Waals surface area contributed by atoms with Gasteiger partial charge in [0, 0.05) is 54.9 Å². The average molecular weight is 595 g/mol. The SMILES string of the molecule is COc1ccccc1CCNCc1cc(C(F)(F)F)ccc1N1CCN(C(=O)CCc2ccc(Cl)cc2Cl)CC1. The molecule has 4 rings (SSSR count). The zero-order chi connectivity index (χ0) is 28.7. The Labute approximate surface area is 242 Å². The molecule has 3 aromatic rings. The summed E-state index contributed by atoms with van der Waals surface area (Å²) in [6.07, 6.45) is -2.91. The van der Waals surface area contributed by atoms with Gasteiger partial charge in [0.1, 0.15) is 5.75 Å². The fourth-order valence-electron chi connectivity index (χ4n) is 4.89. The topological polar surface area (TPSA) is 44.8 Å². The Hall–Kier alpha value is -2.94. The van der Waals surface area contributed by atoms with Crippen LogP contribution >= 0.6 is 23.2 Å². The van der Waals surface area contributed by atoms with Crippen LogP contribution < -0.4 is 15.0 Å². The second kappa shape index (κ2) is 13.6. The predicted molar refractivity (Wildman–Crippen MR) is 153 cm³/mol. The quantitative estimate of drug-likeness (QED) is 0.268. The molecule has 0 unspecified atom stereocenters. The fraction of sp³-hybridized carbons (Fsp3) is 0.367. The maximum atomic E-state index is 13.5. The Balaban J connectivity index is 1.36. The van der Waals surface area contributed by atoms with E-state index in [-0.39, 0.29) is 12.5 Å². The summed E-state index contributed by atoms with van der Waals surface area (Å²) >= 11 is 12.2. The van der Waals surface area contributed by atoms with Gasteiger partial charge < -0.3 is 19.9 Å². The fourth-order valence-corrected chi connectivity index (χ4v) is 5.39. The first-order chi connectivity index (χ1) is 19.2. The third-order valence-electron chi connectivity index (χ3n) is 7.08. The van der Waals surface area contributed by atoms with Gasteiger partial charge >= 0.3 is 6.18 Å². The lowest BCUT2D eigenvalue weighted by molar-refractivity contribution is -0.137. The van der Waals surface area contributed by atoms with Gasteiger partial charge in [0.2, 0.25) is 5.91 Å². The first-order valence-corrected chi connectivity index (χ1v) is 13.9. The summed E-state index contributed by atoms with van der Waals surface area (Å²) in [7, 11) is 1.61. The van der Waals surface area contributed by atoms with Crippen molar-refractivity contribution < 1.29 is 22.7 Å². The van der Waals surface area contributed by atoms with Crippen molar-refractivity contribution in [2.75, 3.05) is 44.7 Å². The zero-order valence-electron chi connectivity index (χ0n) is 22.2. The monoisotopic (exact) mass is 593 g/mol. The summed E-state index contributed by atoms with van der Waals surface area (Å²) < 4.78 is 45.9. The largest absolute Gasteiger partial charge is 0.496 e. The highest BCUT2D eigenvalue weighted by Crippen LogP contribution is 2.33. The van der Waals surface area contributed by atoms with E-state index in [2.05, 4.69) is 10.2 Å². The number of carbonyl (C=O) groups is 1. The maximum Gasteiger partial charge on any atom is 0.416 e. The van der Waals surface area contributed by atoms with Gasteiger partial charge in [-0.25, -0.2) is 0 Å². The number of hydrogen-bond acceptors (Lipinski definition) is 4. The Morgan fingerprint density at radius 1 is 0.925 bits per heavy atom. The molecule has 1 aliphatic heterocycles. The molecule has 0 spiro atoms. The predicted octanol–water partition coefficient (Wildman–Crippen LogP) is 6.63. The average Bonchev–Trinajstić information content (AvgIpc) is 2.94. The number of nitrogens with one attached hydrogen (secondary N) is 1. The van der Waals surface area contributed by atoms with Gasteiger partial charge in [-0.15, -0.1) is 0 Å². The highest BCUT2D eigenvalue weighted by atomic mass is 35.5. The van der Waals surface area contributed by atoms with Crippen molar-refractivity contribution in [3.8, 4) is 5.75 Å². The molecule has 1 heterocycles. The van der Waals surface area contributed by atoms with Crippen molar-refractivity contribution >= 4 is 34.8 Å². The van der Waals surface area contributed by atoms with E-state index in [1.165, 1.54) is 6.07 Å². The number of rotatable bonds is 10.